The molecule has 1 saturated carbocycles. The minimum absolute atomic E-state index is 0. The van der Waals surface area contributed by atoms with E-state index in [4.69, 9.17) is 4.42 Å². The molecular formula is C31H26IrN4O. The van der Waals surface area contributed by atoms with Crippen LogP contribution in [0, 0.1) is 12.1 Å². The summed E-state index contributed by atoms with van der Waals surface area (Å²) in [4.78, 5) is 8.54. The Hall–Kier alpha value is -3.69. The molecule has 0 bridgehead atoms. The molecule has 0 atom stereocenters. The summed E-state index contributed by atoms with van der Waals surface area (Å²) in [5.74, 6) is 0. The van der Waals surface area contributed by atoms with Gasteiger partial charge in [0.2, 0.25) is 11.9 Å². The third-order valence-electron chi connectivity index (χ3n) is 6.65. The van der Waals surface area contributed by atoms with Crippen molar-refractivity contribution in [1.29, 1.82) is 0 Å². The van der Waals surface area contributed by atoms with E-state index in [1.165, 1.54) is 32.1 Å². The Morgan fingerprint density at radius 3 is 2.49 bits per heavy atom. The van der Waals surface area contributed by atoms with Gasteiger partial charge in [-0.1, -0.05) is 33.1 Å². The van der Waals surface area contributed by atoms with Gasteiger partial charge in [-0.3, -0.25) is 0 Å². The fourth-order valence-electron chi connectivity index (χ4n) is 4.83. The summed E-state index contributed by atoms with van der Waals surface area (Å²) < 4.78 is 10.2. The molecule has 3 aromatic heterocycles. The van der Waals surface area contributed by atoms with Crippen molar-refractivity contribution in [2.24, 2.45) is 0 Å². The predicted octanol–water partition coefficient (Wildman–Crippen LogP) is 6.98. The Labute approximate surface area is 229 Å². The molecule has 5 aromatic rings. The van der Waals surface area contributed by atoms with Gasteiger partial charge >= 0.3 is 6.01 Å². The second-order valence-electron chi connectivity index (χ2n) is 8.99. The Morgan fingerprint density at radius 1 is 0.811 bits per heavy atom. The van der Waals surface area contributed by atoms with Crippen LogP contribution in [0.5, 0.6) is 0 Å². The van der Waals surface area contributed by atoms with Gasteiger partial charge in [0.05, 0.1) is 5.58 Å². The molecule has 5 nitrogen and oxygen atoms in total. The number of hydrogen-bond acceptors (Lipinski definition) is 3. The van der Waals surface area contributed by atoms with Gasteiger partial charge in [-0.15, -0.1) is 42.0 Å². The maximum atomic E-state index is 6.00. The van der Waals surface area contributed by atoms with Crippen molar-refractivity contribution in [2.75, 3.05) is 0 Å². The minimum Gasteiger partial charge on any atom is -0.495 e. The van der Waals surface area contributed by atoms with Gasteiger partial charge in [0.1, 0.15) is 0 Å². The molecular weight excluding hydrogens is 637 g/mol. The molecule has 6 heteroatoms. The van der Waals surface area contributed by atoms with Crippen molar-refractivity contribution >= 4 is 33.8 Å². The average molecular weight is 663 g/mol. The van der Waals surface area contributed by atoms with E-state index in [0.717, 1.165) is 33.3 Å². The number of fused-ring (bicyclic) bond motifs is 3. The Bertz CT molecular complexity index is 1560. The minimum atomic E-state index is 0. The first-order chi connectivity index (χ1) is 17.9. The van der Waals surface area contributed by atoms with Gasteiger partial charge in [-0.05, 0) is 36.7 Å². The predicted molar refractivity (Wildman–Crippen MR) is 140 cm³/mol. The molecule has 0 spiro atoms. The summed E-state index contributed by atoms with van der Waals surface area (Å²) in [7, 11) is 0. The largest absolute Gasteiger partial charge is 0.495 e. The van der Waals surface area contributed by atoms with Crippen molar-refractivity contribution in [3.8, 4) is 11.3 Å². The molecule has 2 aliphatic rings. The van der Waals surface area contributed by atoms with Crippen LogP contribution in [-0.4, -0.2) is 31.2 Å². The van der Waals surface area contributed by atoms with E-state index in [1.54, 1.807) is 12.4 Å². The zero-order chi connectivity index (χ0) is 24.2. The number of furan rings is 1. The number of benzene rings is 2. The molecule has 0 saturated heterocycles. The maximum absolute atomic E-state index is 6.00. The first kappa shape index (κ1) is 25.0. The van der Waals surface area contributed by atoms with Crippen LogP contribution >= 0.6 is 0 Å². The van der Waals surface area contributed by atoms with Crippen molar-refractivity contribution < 1.29 is 33.7 Å². The molecule has 0 N–H and O–H groups in total. The van der Waals surface area contributed by atoms with Crippen LogP contribution in [0.3, 0.4) is 0 Å². The van der Waals surface area contributed by atoms with Crippen LogP contribution < -0.4 is 0 Å². The van der Waals surface area contributed by atoms with Gasteiger partial charge in [0, 0.05) is 50.7 Å². The number of pyridine rings is 2. The van der Waals surface area contributed by atoms with E-state index in [2.05, 4.69) is 38.9 Å². The fourth-order valence-corrected chi connectivity index (χ4v) is 4.83. The topological polar surface area (TPSA) is 44.9 Å². The molecule has 0 amide bonds. The number of rotatable bonds is 3. The van der Waals surface area contributed by atoms with E-state index in [-0.39, 0.29) is 20.1 Å². The second-order valence-corrected chi connectivity index (χ2v) is 8.99. The Kier molecular flexibility index (Phi) is 7.81. The van der Waals surface area contributed by atoms with Crippen molar-refractivity contribution in [3.63, 3.8) is 0 Å². The molecule has 4 heterocycles. The van der Waals surface area contributed by atoms with E-state index in [9.17, 15) is 0 Å². The average Bonchev–Trinajstić information content (AvgIpc) is 3.60. The molecule has 1 aliphatic carbocycles. The van der Waals surface area contributed by atoms with Gasteiger partial charge in [0.15, 0.2) is 11.7 Å². The number of nitrogens with zero attached hydrogens (tertiary/aromatic N) is 4. The third-order valence-corrected chi connectivity index (χ3v) is 6.65. The van der Waals surface area contributed by atoms with Gasteiger partial charge in [0.25, 0.3) is 6.20 Å². The Balaban J connectivity index is 0.000000183. The van der Waals surface area contributed by atoms with Gasteiger partial charge < -0.3 is 9.40 Å². The Morgan fingerprint density at radius 2 is 1.68 bits per heavy atom. The molecule has 1 aliphatic heterocycles. The van der Waals surface area contributed by atoms with Crippen LogP contribution in [-0.2, 0) is 20.1 Å². The number of hydrogen-bond donors (Lipinski definition) is 0. The first-order valence-corrected chi connectivity index (χ1v) is 12.4. The summed E-state index contributed by atoms with van der Waals surface area (Å²) in [6.07, 6.45) is 14.2. The molecule has 7 rings (SSSR count). The summed E-state index contributed by atoms with van der Waals surface area (Å²) in [5.41, 5.74) is 4.38. The second kappa shape index (κ2) is 11.6. The van der Waals surface area contributed by atoms with Crippen LogP contribution in [0.15, 0.2) is 95.9 Å². The van der Waals surface area contributed by atoms with E-state index >= 15 is 0 Å². The third kappa shape index (κ3) is 5.38. The smallest absolute Gasteiger partial charge is 0.493 e. The van der Waals surface area contributed by atoms with E-state index in [0.29, 0.717) is 11.8 Å². The SMILES string of the molecule is C1=[N+](c2[c-]ccc3c2oc2ncccc23)C=C[N+]=1C1CCCCC1.[Ir].[c-]1ccccc1-c1ccccn1. The summed E-state index contributed by atoms with van der Waals surface area (Å²) >= 11 is 0. The molecule has 2 aromatic carbocycles. The van der Waals surface area contributed by atoms with Crippen molar-refractivity contribution in [3.05, 3.63) is 104 Å². The molecule has 1 radical (unpaired) electrons. The number of aromatic nitrogens is 2. The van der Waals surface area contributed by atoms with Crippen molar-refractivity contribution in [1.82, 2.24) is 9.97 Å². The molecule has 185 valence electrons. The summed E-state index contributed by atoms with van der Waals surface area (Å²) in [5, 5.41) is 2.10. The van der Waals surface area contributed by atoms with E-state index < -0.39 is 0 Å². The standard InChI is InChI=1S/C20H18N3O.C11H8N.Ir/c1-2-6-15(7-3-1)22-12-13-23(14-22)18-10-4-8-16-17-9-5-11-21-20(17)24-19(16)18;1-2-6-10(7-3-1)11-8-4-5-9-12-11;/h4-5,8-9,11-13,15H,1-3,6-7H2;1-6,8-9H;/q+1;-1;. The van der Waals surface area contributed by atoms with Crippen LogP contribution in [0.25, 0.3) is 33.3 Å². The van der Waals surface area contributed by atoms with Crippen LogP contribution in [0.2, 0.25) is 0 Å². The normalized spacial score (nSPS) is 15.0. The quantitative estimate of drug-likeness (QED) is 0.155. The van der Waals surface area contributed by atoms with Gasteiger partial charge in [-0.2, -0.15) is 12.1 Å². The summed E-state index contributed by atoms with van der Waals surface area (Å²) in [6.45, 7) is 0. The summed E-state index contributed by atoms with van der Waals surface area (Å²) in [6, 6.07) is 32.1. The molecule has 0 unspecified atom stereocenters. The van der Waals surface area contributed by atoms with Crippen LogP contribution in [0.1, 0.15) is 32.1 Å². The zero-order valence-electron chi connectivity index (χ0n) is 20.3. The molecule has 37 heavy (non-hydrogen) atoms. The fraction of sp³-hybridized carbons (Fsp3) is 0.194. The zero-order valence-corrected chi connectivity index (χ0v) is 22.7. The maximum Gasteiger partial charge on any atom is 0.493 e. The van der Waals surface area contributed by atoms with Crippen LogP contribution in [0.4, 0.5) is 5.69 Å². The van der Waals surface area contributed by atoms with Gasteiger partial charge in [-0.25, -0.2) is 4.98 Å². The monoisotopic (exact) mass is 663 g/mol. The molecule has 1 fully saturated rings. The van der Waals surface area contributed by atoms with Crippen molar-refractivity contribution in [2.45, 2.75) is 38.1 Å². The van der Waals surface area contributed by atoms with E-state index in [1.807, 2.05) is 77.5 Å². The first-order valence-electron chi connectivity index (χ1n) is 12.4.